The fourth-order valence-electron chi connectivity index (χ4n) is 0.812. The number of aryl methyl sites for hydroxylation is 1. The van der Waals surface area contributed by atoms with Gasteiger partial charge in [0.15, 0.2) is 0 Å². The molecular weight excluding hydrogens is 383 g/mol. The van der Waals surface area contributed by atoms with Crippen LogP contribution in [0, 0.1) is 3.57 Å². The van der Waals surface area contributed by atoms with Crippen LogP contribution in [0.4, 0.5) is 0 Å². The topological polar surface area (TPSA) is 0 Å². The van der Waals surface area contributed by atoms with Crippen LogP contribution in [0.3, 0.4) is 0 Å². The first kappa shape index (κ1) is 9.99. The zero-order chi connectivity index (χ0) is 8.43. The summed E-state index contributed by atoms with van der Waals surface area (Å²) in [6.45, 7) is 2.15. The van der Waals surface area contributed by atoms with Gasteiger partial charge in [-0.2, -0.15) is 0 Å². The van der Waals surface area contributed by atoms with Crippen LogP contribution in [-0.4, -0.2) is 0 Å². The number of halogens is 3. The summed E-state index contributed by atoms with van der Waals surface area (Å²) in [5, 5.41) is 0. The fourth-order valence-corrected chi connectivity index (χ4v) is 2.40. The molecule has 60 valence electrons. The molecule has 3 heteroatoms. The molecule has 1 rings (SSSR count). The van der Waals surface area contributed by atoms with Gasteiger partial charge in [-0.25, -0.2) is 0 Å². The third-order valence-electron chi connectivity index (χ3n) is 1.45. The minimum Gasteiger partial charge on any atom is -0.0613 e. The largest absolute Gasteiger partial charge is 0.0613 e. The SMILES string of the molecule is CCc1cc(Br)c(I)c(Br)c1. The molecule has 0 saturated heterocycles. The van der Waals surface area contributed by atoms with Gasteiger partial charge in [0.25, 0.3) is 0 Å². The van der Waals surface area contributed by atoms with Crippen LogP contribution in [0.15, 0.2) is 21.1 Å². The maximum absolute atomic E-state index is 3.50. The Morgan fingerprint density at radius 2 is 1.73 bits per heavy atom. The lowest BCUT2D eigenvalue weighted by Crippen LogP contribution is -1.84. The molecule has 11 heavy (non-hydrogen) atoms. The summed E-state index contributed by atoms with van der Waals surface area (Å²) in [5.41, 5.74) is 1.35. The predicted molar refractivity (Wildman–Crippen MR) is 63.9 cm³/mol. The van der Waals surface area contributed by atoms with Gasteiger partial charge in [-0.05, 0) is 78.6 Å². The van der Waals surface area contributed by atoms with Crippen LogP contribution in [0.25, 0.3) is 0 Å². The molecule has 0 aliphatic heterocycles. The molecule has 0 N–H and O–H groups in total. The Labute approximate surface area is 97.2 Å². The van der Waals surface area contributed by atoms with Crippen LogP contribution in [0.1, 0.15) is 12.5 Å². The average molecular weight is 390 g/mol. The van der Waals surface area contributed by atoms with Gasteiger partial charge >= 0.3 is 0 Å². The van der Waals surface area contributed by atoms with E-state index in [1.165, 1.54) is 18.1 Å². The molecule has 1 aromatic rings. The Kier molecular flexibility index (Phi) is 3.85. The highest BCUT2D eigenvalue weighted by molar-refractivity contribution is 14.1. The molecule has 0 unspecified atom stereocenters. The number of hydrogen-bond acceptors (Lipinski definition) is 0. The van der Waals surface area contributed by atoms with E-state index in [2.05, 4.69) is 73.5 Å². The van der Waals surface area contributed by atoms with Crippen molar-refractivity contribution >= 4 is 54.5 Å². The maximum Gasteiger partial charge on any atom is 0.0414 e. The predicted octanol–water partition coefficient (Wildman–Crippen LogP) is 4.38. The first-order chi connectivity index (χ1) is 5.15. The van der Waals surface area contributed by atoms with Gasteiger partial charge in [0.1, 0.15) is 0 Å². The molecule has 0 saturated carbocycles. The first-order valence-electron chi connectivity index (χ1n) is 3.28. The van der Waals surface area contributed by atoms with Crippen LogP contribution < -0.4 is 0 Å². The average Bonchev–Trinajstić information content (AvgIpc) is 1.99. The molecular formula is C8H7Br2I. The van der Waals surface area contributed by atoms with Crippen LogP contribution in [0.2, 0.25) is 0 Å². The zero-order valence-electron chi connectivity index (χ0n) is 6.00. The summed E-state index contributed by atoms with van der Waals surface area (Å²) in [4.78, 5) is 0. The molecule has 1 aromatic carbocycles. The standard InChI is InChI=1S/C8H7Br2I/c1-2-5-3-6(9)8(11)7(10)4-5/h3-4H,2H2,1H3. The second-order valence-corrected chi connectivity index (χ2v) is 5.01. The quantitative estimate of drug-likeness (QED) is 0.494. The molecule has 0 aromatic heterocycles. The van der Waals surface area contributed by atoms with Crippen molar-refractivity contribution in [3.05, 3.63) is 30.2 Å². The summed E-state index contributed by atoms with van der Waals surface area (Å²) < 4.78 is 3.58. The van der Waals surface area contributed by atoms with Crippen molar-refractivity contribution in [1.82, 2.24) is 0 Å². The smallest absolute Gasteiger partial charge is 0.0414 e. The van der Waals surface area contributed by atoms with E-state index in [0.29, 0.717) is 0 Å². The van der Waals surface area contributed by atoms with Crippen LogP contribution in [0.5, 0.6) is 0 Å². The monoisotopic (exact) mass is 388 g/mol. The molecule has 0 amide bonds. The zero-order valence-corrected chi connectivity index (χ0v) is 11.3. The first-order valence-corrected chi connectivity index (χ1v) is 5.95. The Balaban J connectivity index is 3.21. The summed E-state index contributed by atoms with van der Waals surface area (Å²) in [6, 6.07) is 4.32. The second kappa shape index (κ2) is 4.23. The minimum absolute atomic E-state index is 1.08. The Morgan fingerprint density at radius 3 is 2.09 bits per heavy atom. The van der Waals surface area contributed by atoms with Gasteiger partial charge < -0.3 is 0 Å². The van der Waals surface area contributed by atoms with Crippen molar-refractivity contribution in [3.8, 4) is 0 Å². The van der Waals surface area contributed by atoms with Gasteiger partial charge in [-0.3, -0.25) is 0 Å². The van der Waals surface area contributed by atoms with Crippen molar-refractivity contribution in [2.24, 2.45) is 0 Å². The van der Waals surface area contributed by atoms with E-state index < -0.39 is 0 Å². The Bertz CT molecular complexity index is 248. The van der Waals surface area contributed by atoms with E-state index in [1.54, 1.807) is 0 Å². The highest BCUT2D eigenvalue weighted by atomic mass is 127. The third-order valence-corrected chi connectivity index (χ3v) is 5.35. The molecule has 0 spiro atoms. The minimum atomic E-state index is 1.08. The molecule has 0 bridgehead atoms. The molecule has 0 radical (unpaired) electrons. The van der Waals surface area contributed by atoms with Crippen molar-refractivity contribution in [2.75, 3.05) is 0 Å². The molecule has 0 aliphatic rings. The lowest BCUT2D eigenvalue weighted by molar-refractivity contribution is 1.13. The van der Waals surface area contributed by atoms with Gasteiger partial charge in [0.05, 0.1) is 0 Å². The van der Waals surface area contributed by atoms with Gasteiger partial charge in [-0.1, -0.05) is 6.92 Å². The van der Waals surface area contributed by atoms with Crippen molar-refractivity contribution in [3.63, 3.8) is 0 Å². The molecule has 0 heterocycles. The third kappa shape index (κ3) is 2.42. The Morgan fingerprint density at radius 1 is 1.27 bits per heavy atom. The normalized spacial score (nSPS) is 10.2. The van der Waals surface area contributed by atoms with E-state index in [9.17, 15) is 0 Å². The lowest BCUT2D eigenvalue weighted by atomic mass is 10.2. The second-order valence-electron chi connectivity index (χ2n) is 2.23. The van der Waals surface area contributed by atoms with E-state index >= 15 is 0 Å². The summed E-state index contributed by atoms with van der Waals surface area (Å²) >= 11 is 9.31. The summed E-state index contributed by atoms with van der Waals surface area (Å²) in [5.74, 6) is 0. The molecule has 0 fully saturated rings. The number of benzene rings is 1. The van der Waals surface area contributed by atoms with Gasteiger partial charge in [-0.15, -0.1) is 0 Å². The van der Waals surface area contributed by atoms with Gasteiger partial charge in [0, 0.05) is 12.5 Å². The van der Waals surface area contributed by atoms with E-state index in [-0.39, 0.29) is 0 Å². The highest BCUT2D eigenvalue weighted by Gasteiger charge is 2.02. The van der Waals surface area contributed by atoms with Crippen LogP contribution in [-0.2, 0) is 6.42 Å². The van der Waals surface area contributed by atoms with E-state index in [1.807, 2.05) is 0 Å². The fraction of sp³-hybridized carbons (Fsp3) is 0.250. The number of rotatable bonds is 1. The molecule has 0 atom stereocenters. The van der Waals surface area contributed by atoms with Crippen LogP contribution >= 0.6 is 54.5 Å². The maximum atomic E-state index is 3.50. The Hall–Kier alpha value is 0.910. The highest BCUT2D eigenvalue weighted by Crippen LogP contribution is 2.28. The summed E-state index contributed by atoms with van der Waals surface area (Å²) in [7, 11) is 0. The lowest BCUT2D eigenvalue weighted by Gasteiger charge is -2.02. The van der Waals surface area contributed by atoms with Gasteiger partial charge in [0.2, 0.25) is 0 Å². The summed E-state index contributed by atoms with van der Waals surface area (Å²) in [6.07, 6.45) is 1.08. The van der Waals surface area contributed by atoms with Crippen molar-refractivity contribution in [2.45, 2.75) is 13.3 Å². The van der Waals surface area contributed by atoms with Crippen molar-refractivity contribution in [1.29, 1.82) is 0 Å². The van der Waals surface area contributed by atoms with Crippen molar-refractivity contribution < 1.29 is 0 Å². The van der Waals surface area contributed by atoms with E-state index in [4.69, 9.17) is 0 Å². The van der Waals surface area contributed by atoms with E-state index in [0.717, 1.165) is 6.42 Å². The molecule has 0 aliphatic carbocycles. The number of hydrogen-bond donors (Lipinski definition) is 0. The molecule has 0 nitrogen and oxygen atoms in total.